The van der Waals surface area contributed by atoms with Crippen LogP contribution in [0.25, 0.3) is 6.08 Å². The molecule has 0 fully saturated rings. The van der Waals surface area contributed by atoms with E-state index < -0.39 is 16.7 Å². The van der Waals surface area contributed by atoms with Crippen molar-refractivity contribution >= 4 is 23.6 Å². The molecule has 0 aliphatic heterocycles. The number of imide groups is 1. The minimum absolute atomic E-state index is 0.0322. The van der Waals surface area contributed by atoms with Gasteiger partial charge in [-0.15, -0.1) is 0 Å². The third-order valence-electron chi connectivity index (χ3n) is 3.13. The van der Waals surface area contributed by atoms with Gasteiger partial charge in [0, 0.05) is 18.2 Å². The number of hydrogen-bond donors (Lipinski definition) is 1. The van der Waals surface area contributed by atoms with Crippen molar-refractivity contribution in [3.8, 4) is 5.75 Å². The predicted octanol–water partition coefficient (Wildman–Crippen LogP) is 2.72. The van der Waals surface area contributed by atoms with E-state index in [-0.39, 0.29) is 18.7 Å². The summed E-state index contributed by atoms with van der Waals surface area (Å²) in [6.45, 7) is 0.162. The molecule has 2 amide bonds. The highest BCUT2D eigenvalue weighted by Crippen LogP contribution is 2.12. The molecule has 2 aromatic carbocycles. The number of nitrogens with one attached hydrogen (secondary N) is 1. The first-order valence-corrected chi connectivity index (χ1v) is 7.49. The Morgan fingerprint density at radius 1 is 1.08 bits per heavy atom. The smallest absolute Gasteiger partial charge is 0.269 e. The van der Waals surface area contributed by atoms with E-state index in [1.807, 2.05) is 18.2 Å². The molecule has 7 nitrogen and oxygen atoms in total. The highest BCUT2D eigenvalue weighted by Gasteiger charge is 2.06. The first-order valence-electron chi connectivity index (χ1n) is 7.49. The van der Waals surface area contributed by atoms with E-state index in [4.69, 9.17) is 4.74 Å². The number of rotatable bonds is 7. The number of nitro groups is 1. The van der Waals surface area contributed by atoms with Crippen molar-refractivity contribution in [2.24, 2.45) is 0 Å². The maximum absolute atomic E-state index is 11.7. The summed E-state index contributed by atoms with van der Waals surface area (Å²) in [6.07, 6.45) is 2.70. The number of hydrogen-bond acceptors (Lipinski definition) is 5. The Morgan fingerprint density at radius 3 is 2.40 bits per heavy atom. The van der Waals surface area contributed by atoms with Crippen LogP contribution >= 0.6 is 0 Å². The Bertz CT molecular complexity index is 770. The molecule has 128 valence electrons. The van der Waals surface area contributed by atoms with Crippen molar-refractivity contribution < 1.29 is 19.2 Å². The lowest BCUT2D eigenvalue weighted by Crippen LogP contribution is -2.29. The number of para-hydroxylation sites is 1. The highest BCUT2D eigenvalue weighted by atomic mass is 16.6. The quantitative estimate of drug-likeness (QED) is 0.475. The first kappa shape index (κ1) is 17.9. The van der Waals surface area contributed by atoms with Gasteiger partial charge in [-0.1, -0.05) is 18.2 Å². The fraction of sp³-hybridized carbons (Fsp3) is 0.111. The molecule has 0 atom stereocenters. The van der Waals surface area contributed by atoms with E-state index >= 15 is 0 Å². The molecule has 0 unspecified atom stereocenters. The van der Waals surface area contributed by atoms with Crippen molar-refractivity contribution in [2.45, 2.75) is 6.42 Å². The topological polar surface area (TPSA) is 98.5 Å². The maximum Gasteiger partial charge on any atom is 0.269 e. The van der Waals surface area contributed by atoms with Crippen LogP contribution in [0.15, 0.2) is 60.7 Å². The number of nitro benzene ring substituents is 1. The maximum atomic E-state index is 11.7. The second-order valence-electron chi connectivity index (χ2n) is 5.01. The lowest BCUT2D eigenvalue weighted by atomic mass is 10.2. The number of ether oxygens (including phenoxy) is 1. The van der Waals surface area contributed by atoms with E-state index in [9.17, 15) is 19.7 Å². The van der Waals surface area contributed by atoms with Gasteiger partial charge in [0.15, 0.2) is 0 Å². The Kier molecular flexibility index (Phi) is 6.41. The van der Waals surface area contributed by atoms with Gasteiger partial charge < -0.3 is 4.74 Å². The summed E-state index contributed by atoms with van der Waals surface area (Å²) in [4.78, 5) is 33.4. The molecule has 25 heavy (non-hydrogen) atoms. The third kappa shape index (κ3) is 6.26. The third-order valence-corrected chi connectivity index (χ3v) is 3.13. The van der Waals surface area contributed by atoms with Gasteiger partial charge in [0.1, 0.15) is 5.75 Å². The first-order chi connectivity index (χ1) is 12.0. The van der Waals surface area contributed by atoms with Gasteiger partial charge in [0.05, 0.1) is 18.0 Å². The monoisotopic (exact) mass is 340 g/mol. The molecule has 0 heterocycles. The van der Waals surface area contributed by atoms with Crippen LogP contribution in [0.4, 0.5) is 5.69 Å². The van der Waals surface area contributed by atoms with E-state index in [0.717, 1.165) is 0 Å². The predicted molar refractivity (Wildman–Crippen MR) is 91.8 cm³/mol. The fourth-order valence-electron chi connectivity index (χ4n) is 1.90. The second-order valence-corrected chi connectivity index (χ2v) is 5.01. The molecule has 2 rings (SSSR count). The van der Waals surface area contributed by atoms with E-state index in [1.165, 1.54) is 36.4 Å². The fourth-order valence-corrected chi connectivity index (χ4v) is 1.90. The van der Waals surface area contributed by atoms with Gasteiger partial charge in [0.2, 0.25) is 5.91 Å². The second kappa shape index (κ2) is 8.97. The van der Waals surface area contributed by atoms with Crippen LogP contribution in [-0.2, 0) is 9.59 Å². The number of non-ortho nitro benzene ring substituents is 1. The van der Waals surface area contributed by atoms with Crippen LogP contribution in [0.1, 0.15) is 12.0 Å². The number of nitrogens with zero attached hydrogens (tertiary/aromatic N) is 1. The molecule has 0 saturated carbocycles. The molecular formula is C18H16N2O5. The van der Waals surface area contributed by atoms with E-state index in [2.05, 4.69) is 5.32 Å². The Labute approximate surface area is 144 Å². The van der Waals surface area contributed by atoms with E-state index in [1.54, 1.807) is 12.1 Å². The summed E-state index contributed by atoms with van der Waals surface area (Å²) in [5, 5.41) is 12.8. The lowest BCUT2D eigenvalue weighted by molar-refractivity contribution is -0.384. The number of benzene rings is 2. The van der Waals surface area contributed by atoms with Gasteiger partial charge >= 0.3 is 0 Å². The van der Waals surface area contributed by atoms with Crippen molar-refractivity contribution in [1.29, 1.82) is 0 Å². The average Bonchev–Trinajstić information content (AvgIpc) is 2.61. The van der Waals surface area contributed by atoms with Crippen molar-refractivity contribution in [3.05, 3.63) is 76.4 Å². The van der Waals surface area contributed by atoms with Crippen LogP contribution in [-0.4, -0.2) is 23.3 Å². The van der Waals surface area contributed by atoms with Gasteiger partial charge in [-0.2, -0.15) is 0 Å². The van der Waals surface area contributed by atoms with Crippen molar-refractivity contribution in [3.63, 3.8) is 0 Å². The summed E-state index contributed by atoms with van der Waals surface area (Å²) in [6, 6.07) is 14.7. The van der Waals surface area contributed by atoms with Crippen molar-refractivity contribution in [2.75, 3.05) is 6.61 Å². The molecule has 2 aromatic rings. The minimum Gasteiger partial charge on any atom is -0.493 e. The molecule has 7 heteroatoms. The highest BCUT2D eigenvalue weighted by molar-refractivity contribution is 6.02. The molecule has 1 N–H and O–H groups in total. The summed E-state index contributed by atoms with van der Waals surface area (Å²) in [5.41, 5.74) is 0.579. The summed E-state index contributed by atoms with van der Waals surface area (Å²) in [5.74, 6) is -0.364. The molecule has 0 aliphatic rings. The molecule has 0 aliphatic carbocycles. The molecule has 0 spiro atoms. The number of carbonyl (C=O) groups is 2. The van der Waals surface area contributed by atoms with Crippen LogP contribution in [0.3, 0.4) is 0 Å². The lowest BCUT2D eigenvalue weighted by Gasteiger charge is -2.05. The SMILES string of the molecule is O=C(C=Cc1ccc([N+](=O)[O-])cc1)NC(=O)CCOc1ccccc1. The Balaban J connectivity index is 1.75. The van der Waals surface area contributed by atoms with Gasteiger partial charge in [-0.25, -0.2) is 0 Å². The largest absolute Gasteiger partial charge is 0.493 e. The van der Waals surface area contributed by atoms with Crippen LogP contribution in [0.2, 0.25) is 0 Å². The zero-order valence-corrected chi connectivity index (χ0v) is 13.3. The Morgan fingerprint density at radius 2 is 1.76 bits per heavy atom. The molecule has 0 aromatic heterocycles. The Hall–Kier alpha value is -3.48. The minimum atomic E-state index is -0.567. The summed E-state index contributed by atoms with van der Waals surface area (Å²) in [7, 11) is 0. The van der Waals surface area contributed by atoms with Crippen LogP contribution < -0.4 is 10.1 Å². The van der Waals surface area contributed by atoms with Gasteiger partial charge in [-0.3, -0.25) is 25.0 Å². The zero-order chi connectivity index (χ0) is 18.1. The standard InChI is InChI=1S/C18H16N2O5/c21-17(11-8-14-6-9-15(10-7-14)20(23)24)19-18(22)12-13-25-16-4-2-1-3-5-16/h1-11H,12-13H2,(H,19,21,22). The van der Waals surface area contributed by atoms with Gasteiger partial charge in [-0.05, 0) is 35.9 Å². The number of amides is 2. The van der Waals surface area contributed by atoms with E-state index in [0.29, 0.717) is 11.3 Å². The molecule has 0 bridgehead atoms. The normalized spacial score (nSPS) is 10.4. The van der Waals surface area contributed by atoms with Crippen molar-refractivity contribution in [1.82, 2.24) is 5.32 Å². The van der Waals surface area contributed by atoms with Crippen LogP contribution in [0, 0.1) is 10.1 Å². The molecular weight excluding hydrogens is 324 g/mol. The summed E-state index contributed by atoms with van der Waals surface area (Å²) >= 11 is 0. The van der Waals surface area contributed by atoms with Gasteiger partial charge in [0.25, 0.3) is 11.6 Å². The zero-order valence-electron chi connectivity index (χ0n) is 13.3. The molecule has 0 radical (unpaired) electrons. The summed E-state index contributed by atoms with van der Waals surface area (Å²) < 4.78 is 5.37. The molecule has 0 saturated heterocycles. The van der Waals surface area contributed by atoms with Crippen LogP contribution in [0.5, 0.6) is 5.75 Å². The average molecular weight is 340 g/mol. The number of carbonyl (C=O) groups excluding carboxylic acids is 2.